The molecule has 0 spiro atoms. The predicted molar refractivity (Wildman–Crippen MR) is 289 cm³/mol. The number of fused-ring (bicyclic) bond motifs is 8. The molecule has 0 radical (unpaired) electrons. The van der Waals surface area contributed by atoms with Crippen molar-refractivity contribution in [3.05, 3.63) is 145 Å². The minimum absolute atomic E-state index is 0.229. The first-order valence-electron chi connectivity index (χ1n) is 26.4. The molecule has 0 atom stereocenters. The zero-order valence-corrected chi connectivity index (χ0v) is 42.1. The molecule has 6 aromatic carbocycles. The Kier molecular flexibility index (Phi) is 14.8. The van der Waals surface area contributed by atoms with Crippen LogP contribution in [0.5, 0.6) is 0 Å². The second kappa shape index (κ2) is 22.0. The van der Waals surface area contributed by atoms with Gasteiger partial charge in [0.25, 0.3) is 0 Å². The van der Waals surface area contributed by atoms with Crippen LogP contribution in [-0.4, -0.2) is 85.2 Å². The van der Waals surface area contributed by atoms with Crippen LogP contribution in [0, 0.1) is 10.8 Å². The highest BCUT2D eigenvalue weighted by molar-refractivity contribution is 6.29. The lowest BCUT2D eigenvalue weighted by Gasteiger charge is -2.40. The fraction of sp³-hybridized carbons (Fsp3) is 0.387. The average molecular weight is 965 g/mol. The lowest BCUT2D eigenvalue weighted by Crippen LogP contribution is -2.45. The Labute approximate surface area is 423 Å². The van der Waals surface area contributed by atoms with E-state index in [1.165, 1.54) is 10.8 Å². The molecular formula is C62H68N4O6. The smallest absolute Gasteiger partial charge is 0.235 e. The number of unbranched alkanes of at least 4 members (excludes halogenated alkanes) is 4. The molecule has 2 aliphatic heterocycles. The van der Waals surface area contributed by atoms with Crippen LogP contribution in [-0.2, 0) is 41.6 Å². The Hall–Kier alpha value is -5.98. The summed E-state index contributed by atoms with van der Waals surface area (Å²) in [5, 5.41) is 5.69. The van der Waals surface area contributed by atoms with Gasteiger partial charge in [0.1, 0.15) is 0 Å². The third kappa shape index (κ3) is 9.93. The molecule has 10 nitrogen and oxygen atoms in total. The molecule has 5 heterocycles. The standard InChI is InChI=1S/C62H68N4O6/c1-3-61(41-71-42-61)39-69-33-17-7-15-31-67-37-45-25-27-53-50(35-45)57-55(65(53)48-21-11-6-12-22-48)29-30-56-58(57)51-36-46(38-68-32-16-8-18-34-70-40-62(4-2)43-72-44-62)26-28-54(51)66(56)60-63-52-24-14-13-23-49(52)59(64-60)47-19-9-5-10-20-47/h5-6,9-14,19-30,35-36H,3-4,7-8,15-18,31-34,37-44H2,1-2H3. The SMILES string of the molecule is CCC1(COCCCCCOCc2ccc3c(c2)c2c4c5cc(COCCCCCOCC6(CC)COC6)ccc5n(-c5nc(-c6ccccc6)c6ccccc6n5)c4ccc2n3-c2ccccc2)COC1. The molecule has 2 fully saturated rings. The van der Waals surface area contributed by atoms with Crippen molar-refractivity contribution in [2.75, 3.05) is 66.1 Å². The minimum Gasteiger partial charge on any atom is -0.381 e. The highest BCUT2D eigenvalue weighted by atomic mass is 16.5. The third-order valence-electron chi connectivity index (χ3n) is 15.3. The fourth-order valence-electron chi connectivity index (χ4n) is 10.6. The lowest BCUT2D eigenvalue weighted by atomic mass is 9.84. The van der Waals surface area contributed by atoms with E-state index < -0.39 is 0 Å². The molecule has 372 valence electrons. The van der Waals surface area contributed by atoms with Gasteiger partial charge in [0.2, 0.25) is 5.95 Å². The number of hydrogen-bond acceptors (Lipinski definition) is 8. The molecule has 3 aromatic heterocycles. The van der Waals surface area contributed by atoms with E-state index in [1.807, 2.05) is 6.07 Å². The van der Waals surface area contributed by atoms with Crippen LogP contribution in [0.25, 0.3) is 77.4 Å². The summed E-state index contributed by atoms with van der Waals surface area (Å²) in [7, 11) is 0. The van der Waals surface area contributed by atoms with Crippen LogP contribution in [0.4, 0.5) is 0 Å². The third-order valence-corrected chi connectivity index (χ3v) is 15.3. The van der Waals surface area contributed by atoms with Crippen molar-refractivity contribution in [1.29, 1.82) is 0 Å². The normalized spacial score (nSPS) is 15.2. The molecule has 0 unspecified atom stereocenters. The number of nitrogens with zero attached hydrogens (tertiary/aromatic N) is 4. The summed E-state index contributed by atoms with van der Waals surface area (Å²) in [5.41, 5.74) is 11.1. The summed E-state index contributed by atoms with van der Waals surface area (Å²) < 4.78 is 40.5. The summed E-state index contributed by atoms with van der Waals surface area (Å²) >= 11 is 0. The van der Waals surface area contributed by atoms with Gasteiger partial charge < -0.3 is 33.0 Å². The number of benzene rings is 6. The van der Waals surface area contributed by atoms with Gasteiger partial charge in [-0.1, -0.05) is 92.7 Å². The fourth-order valence-corrected chi connectivity index (χ4v) is 10.6. The molecule has 10 heteroatoms. The van der Waals surface area contributed by atoms with Gasteiger partial charge in [-0.25, -0.2) is 9.97 Å². The second-order valence-corrected chi connectivity index (χ2v) is 20.3. The van der Waals surface area contributed by atoms with Gasteiger partial charge >= 0.3 is 0 Å². The van der Waals surface area contributed by atoms with Crippen LogP contribution >= 0.6 is 0 Å². The zero-order chi connectivity index (χ0) is 48.7. The molecule has 0 bridgehead atoms. The topological polar surface area (TPSA) is 91.0 Å². The highest BCUT2D eigenvalue weighted by Crippen LogP contribution is 2.43. The van der Waals surface area contributed by atoms with Crippen molar-refractivity contribution in [1.82, 2.24) is 19.1 Å². The summed E-state index contributed by atoms with van der Waals surface area (Å²) in [6.07, 6.45) is 8.42. The monoisotopic (exact) mass is 965 g/mol. The van der Waals surface area contributed by atoms with Crippen LogP contribution in [0.2, 0.25) is 0 Å². The van der Waals surface area contributed by atoms with E-state index in [4.69, 9.17) is 38.4 Å². The molecule has 2 saturated heterocycles. The van der Waals surface area contributed by atoms with E-state index in [0.29, 0.717) is 32.4 Å². The maximum absolute atomic E-state index is 6.41. The lowest BCUT2D eigenvalue weighted by molar-refractivity contribution is -0.150. The second-order valence-electron chi connectivity index (χ2n) is 20.3. The number of aromatic nitrogens is 4. The van der Waals surface area contributed by atoms with Gasteiger partial charge in [0.15, 0.2) is 0 Å². The molecule has 0 amide bonds. The zero-order valence-electron chi connectivity index (χ0n) is 42.1. The van der Waals surface area contributed by atoms with Gasteiger partial charge in [-0.3, -0.25) is 4.57 Å². The van der Waals surface area contributed by atoms with E-state index in [-0.39, 0.29) is 10.8 Å². The Morgan fingerprint density at radius 1 is 0.472 bits per heavy atom. The van der Waals surface area contributed by atoms with Crippen LogP contribution in [0.3, 0.4) is 0 Å². The Bertz CT molecular complexity index is 3260. The molecule has 72 heavy (non-hydrogen) atoms. The number of para-hydroxylation sites is 2. The largest absolute Gasteiger partial charge is 0.381 e. The van der Waals surface area contributed by atoms with Gasteiger partial charge in [-0.05, 0) is 117 Å². The molecular weight excluding hydrogens is 897 g/mol. The van der Waals surface area contributed by atoms with Crippen molar-refractivity contribution >= 4 is 54.5 Å². The molecule has 0 saturated carbocycles. The minimum atomic E-state index is 0.229. The summed E-state index contributed by atoms with van der Waals surface area (Å²) in [4.78, 5) is 10.8. The van der Waals surface area contributed by atoms with E-state index in [0.717, 1.165) is 176 Å². The Balaban J connectivity index is 0.922. The van der Waals surface area contributed by atoms with Crippen molar-refractivity contribution < 1.29 is 28.4 Å². The van der Waals surface area contributed by atoms with Crippen molar-refractivity contribution in [3.63, 3.8) is 0 Å². The van der Waals surface area contributed by atoms with E-state index in [9.17, 15) is 0 Å². The van der Waals surface area contributed by atoms with Crippen molar-refractivity contribution in [2.45, 2.75) is 78.4 Å². The first kappa shape index (κ1) is 48.3. The quantitative estimate of drug-likeness (QED) is 0.0523. The summed E-state index contributed by atoms with van der Waals surface area (Å²) in [6.45, 7) is 13.4. The molecule has 2 aliphatic rings. The maximum Gasteiger partial charge on any atom is 0.235 e. The summed E-state index contributed by atoms with van der Waals surface area (Å²) in [5.74, 6) is 0.635. The first-order chi connectivity index (χ1) is 35.6. The van der Waals surface area contributed by atoms with Crippen LogP contribution in [0.15, 0.2) is 133 Å². The highest BCUT2D eigenvalue weighted by Gasteiger charge is 2.37. The van der Waals surface area contributed by atoms with E-state index in [2.05, 4.69) is 150 Å². The molecule has 9 aromatic rings. The summed E-state index contributed by atoms with van der Waals surface area (Å²) in [6, 6.07) is 47.7. The number of hydrogen-bond donors (Lipinski definition) is 0. The van der Waals surface area contributed by atoms with E-state index >= 15 is 0 Å². The van der Waals surface area contributed by atoms with Gasteiger partial charge in [-0.2, -0.15) is 0 Å². The molecule has 0 aliphatic carbocycles. The van der Waals surface area contributed by atoms with Crippen molar-refractivity contribution in [2.24, 2.45) is 10.8 Å². The van der Waals surface area contributed by atoms with Gasteiger partial charge in [0.05, 0.1) is 86.1 Å². The van der Waals surface area contributed by atoms with E-state index in [1.54, 1.807) is 0 Å². The predicted octanol–water partition coefficient (Wildman–Crippen LogP) is 13.8. The van der Waals surface area contributed by atoms with Crippen LogP contribution < -0.4 is 0 Å². The molecule has 11 rings (SSSR count). The first-order valence-corrected chi connectivity index (χ1v) is 26.4. The Morgan fingerprint density at radius 2 is 0.958 bits per heavy atom. The molecule has 0 N–H and O–H groups in total. The number of rotatable bonds is 25. The Morgan fingerprint density at radius 3 is 1.50 bits per heavy atom. The average Bonchev–Trinajstić information content (AvgIpc) is 3.91. The van der Waals surface area contributed by atoms with Crippen LogP contribution in [0.1, 0.15) is 76.3 Å². The van der Waals surface area contributed by atoms with Gasteiger partial charge in [0, 0.05) is 75.4 Å². The van der Waals surface area contributed by atoms with Gasteiger partial charge in [-0.15, -0.1) is 0 Å². The maximum atomic E-state index is 6.41. The number of ether oxygens (including phenoxy) is 6. The van der Waals surface area contributed by atoms with Crippen molar-refractivity contribution in [3.8, 4) is 22.9 Å².